The van der Waals surface area contributed by atoms with E-state index < -0.39 is 0 Å². The van der Waals surface area contributed by atoms with E-state index in [1.165, 1.54) is 16.0 Å². The first-order valence-electron chi connectivity index (χ1n) is 7.37. The van der Waals surface area contributed by atoms with Gasteiger partial charge in [-0.15, -0.1) is 11.8 Å². The smallest absolute Gasteiger partial charge is 0.101 e. The zero-order chi connectivity index (χ0) is 14.5. The van der Waals surface area contributed by atoms with Gasteiger partial charge in [-0.2, -0.15) is 0 Å². The van der Waals surface area contributed by atoms with E-state index in [-0.39, 0.29) is 0 Å². The van der Waals surface area contributed by atoms with Gasteiger partial charge in [-0.1, -0.05) is 45.9 Å². The van der Waals surface area contributed by atoms with Crippen molar-refractivity contribution in [3.63, 3.8) is 0 Å². The summed E-state index contributed by atoms with van der Waals surface area (Å²) in [6.45, 7) is 10.8. The summed E-state index contributed by atoms with van der Waals surface area (Å²) in [5, 5.41) is 6.39. The molecular formula is C17H24N2S. The fourth-order valence-electron chi connectivity index (χ4n) is 1.94. The second kappa shape index (κ2) is 7.09. The molecule has 2 rings (SSSR count). The molecule has 0 aliphatic heterocycles. The summed E-state index contributed by atoms with van der Waals surface area (Å²) < 4.78 is 0. The first kappa shape index (κ1) is 15.3. The van der Waals surface area contributed by atoms with E-state index in [0.29, 0.717) is 11.2 Å². The number of hydrogen-bond acceptors (Lipinski definition) is 3. The Morgan fingerprint density at radius 3 is 2.65 bits per heavy atom. The molecule has 0 saturated heterocycles. The molecule has 1 unspecified atom stereocenters. The Balaban J connectivity index is 2.37. The van der Waals surface area contributed by atoms with E-state index in [0.717, 1.165) is 18.6 Å². The summed E-state index contributed by atoms with van der Waals surface area (Å²) in [6, 6.07) is 10.6. The van der Waals surface area contributed by atoms with Crippen molar-refractivity contribution < 1.29 is 0 Å². The summed E-state index contributed by atoms with van der Waals surface area (Å²) in [5.41, 5.74) is 2.40. The molecule has 1 heterocycles. The highest BCUT2D eigenvalue weighted by Gasteiger charge is 2.14. The van der Waals surface area contributed by atoms with Crippen LogP contribution in [0.25, 0.3) is 10.9 Å². The van der Waals surface area contributed by atoms with Gasteiger partial charge in [-0.3, -0.25) is 0 Å². The van der Waals surface area contributed by atoms with Crippen LogP contribution >= 0.6 is 11.8 Å². The van der Waals surface area contributed by atoms with E-state index >= 15 is 0 Å². The average Bonchev–Trinajstić information content (AvgIpc) is 2.44. The third kappa shape index (κ3) is 3.74. The van der Waals surface area contributed by atoms with Crippen LogP contribution in [0, 0.1) is 5.92 Å². The molecule has 0 aliphatic carbocycles. The predicted molar refractivity (Wildman–Crippen MR) is 89.3 cm³/mol. The minimum atomic E-state index is 0.573. The van der Waals surface area contributed by atoms with E-state index in [9.17, 15) is 0 Å². The van der Waals surface area contributed by atoms with E-state index in [2.05, 4.69) is 63.3 Å². The summed E-state index contributed by atoms with van der Waals surface area (Å²) in [4.78, 5) is 4.87. The van der Waals surface area contributed by atoms with Crippen LogP contribution in [0.5, 0.6) is 0 Å². The number of fused-ring (bicyclic) bond motifs is 1. The molecule has 3 heteroatoms. The molecule has 1 aromatic carbocycles. The minimum Gasteiger partial charge on any atom is -0.313 e. The van der Waals surface area contributed by atoms with Crippen molar-refractivity contribution in [1.82, 2.24) is 10.3 Å². The summed E-state index contributed by atoms with van der Waals surface area (Å²) in [7, 11) is 0. The third-order valence-electron chi connectivity index (χ3n) is 3.56. The fourth-order valence-corrected chi connectivity index (χ4v) is 3.00. The molecule has 1 N–H and O–H groups in total. The number of nitrogens with one attached hydrogen (secondary N) is 1. The molecule has 0 aliphatic rings. The predicted octanol–water partition coefficient (Wildman–Crippen LogP) is 4.48. The monoisotopic (exact) mass is 288 g/mol. The largest absolute Gasteiger partial charge is 0.313 e. The number of para-hydroxylation sites is 1. The molecule has 2 aromatic rings. The van der Waals surface area contributed by atoms with E-state index in [1.807, 2.05) is 11.8 Å². The maximum atomic E-state index is 4.87. The number of nitrogens with zero attached hydrogens (tertiary/aromatic N) is 1. The van der Waals surface area contributed by atoms with Crippen LogP contribution in [0.4, 0.5) is 0 Å². The van der Waals surface area contributed by atoms with Crippen LogP contribution < -0.4 is 5.32 Å². The van der Waals surface area contributed by atoms with Crippen molar-refractivity contribution in [2.75, 3.05) is 6.54 Å². The van der Waals surface area contributed by atoms with Crippen LogP contribution in [0.1, 0.15) is 33.3 Å². The molecule has 0 amide bonds. The van der Waals surface area contributed by atoms with Gasteiger partial charge >= 0.3 is 0 Å². The van der Waals surface area contributed by atoms with E-state index in [4.69, 9.17) is 4.98 Å². The normalized spacial score (nSPS) is 13.1. The number of hydrogen-bond donors (Lipinski definition) is 1. The Labute approximate surface area is 126 Å². The van der Waals surface area contributed by atoms with Gasteiger partial charge in [-0.05, 0) is 30.2 Å². The molecule has 0 spiro atoms. The van der Waals surface area contributed by atoms with Crippen LogP contribution in [-0.2, 0) is 6.54 Å². The van der Waals surface area contributed by atoms with Crippen molar-refractivity contribution in [2.24, 2.45) is 5.92 Å². The number of rotatable bonds is 6. The van der Waals surface area contributed by atoms with Crippen molar-refractivity contribution in [2.45, 2.75) is 44.5 Å². The standard InChI is InChI=1S/C17H24N2S/c1-5-18-11-15-10-14-8-6-7-9-16(14)19-17(15)20-13(4)12(2)3/h6-10,12-13,18H,5,11H2,1-4H3. The molecule has 108 valence electrons. The Morgan fingerprint density at radius 2 is 1.95 bits per heavy atom. The average molecular weight is 288 g/mol. The second-order valence-corrected chi connectivity index (χ2v) is 6.86. The van der Waals surface area contributed by atoms with Gasteiger partial charge in [0, 0.05) is 17.2 Å². The lowest BCUT2D eigenvalue weighted by molar-refractivity contribution is 0.640. The SMILES string of the molecule is CCNCc1cc2ccccc2nc1SC(C)C(C)C. The van der Waals surface area contributed by atoms with Gasteiger partial charge in [0.05, 0.1) is 5.52 Å². The first-order chi connectivity index (χ1) is 9.61. The maximum Gasteiger partial charge on any atom is 0.101 e. The maximum absolute atomic E-state index is 4.87. The van der Waals surface area contributed by atoms with Crippen molar-refractivity contribution in [1.29, 1.82) is 0 Å². The van der Waals surface area contributed by atoms with Gasteiger partial charge in [0.25, 0.3) is 0 Å². The summed E-state index contributed by atoms with van der Waals surface area (Å²) >= 11 is 1.89. The van der Waals surface area contributed by atoms with Crippen LogP contribution in [0.2, 0.25) is 0 Å². The minimum absolute atomic E-state index is 0.573. The van der Waals surface area contributed by atoms with Gasteiger partial charge < -0.3 is 5.32 Å². The lowest BCUT2D eigenvalue weighted by Crippen LogP contribution is -2.14. The lowest BCUT2D eigenvalue weighted by atomic mass is 10.1. The Hall–Kier alpha value is -1.06. The molecule has 1 atom stereocenters. The summed E-state index contributed by atoms with van der Waals surface area (Å²) in [6.07, 6.45) is 0. The second-order valence-electron chi connectivity index (χ2n) is 5.49. The van der Waals surface area contributed by atoms with Gasteiger partial charge in [0.1, 0.15) is 5.03 Å². The number of thioether (sulfide) groups is 1. The number of aromatic nitrogens is 1. The topological polar surface area (TPSA) is 24.9 Å². The molecule has 20 heavy (non-hydrogen) atoms. The van der Waals surface area contributed by atoms with Crippen LogP contribution in [-0.4, -0.2) is 16.8 Å². The Kier molecular flexibility index (Phi) is 5.44. The van der Waals surface area contributed by atoms with Gasteiger partial charge in [0.15, 0.2) is 0 Å². The fraction of sp³-hybridized carbons (Fsp3) is 0.471. The van der Waals surface area contributed by atoms with Crippen LogP contribution in [0.3, 0.4) is 0 Å². The van der Waals surface area contributed by atoms with Crippen molar-refractivity contribution in [3.8, 4) is 0 Å². The molecule has 0 saturated carbocycles. The molecule has 0 bridgehead atoms. The Bertz CT molecular complexity index is 566. The zero-order valence-corrected chi connectivity index (χ0v) is 13.6. The quantitative estimate of drug-likeness (QED) is 0.793. The Morgan fingerprint density at radius 1 is 1.20 bits per heavy atom. The molecule has 2 nitrogen and oxygen atoms in total. The molecule has 1 aromatic heterocycles. The van der Waals surface area contributed by atoms with Crippen molar-refractivity contribution in [3.05, 3.63) is 35.9 Å². The third-order valence-corrected chi connectivity index (χ3v) is 5.06. The molecule has 0 fully saturated rings. The highest BCUT2D eigenvalue weighted by Crippen LogP contribution is 2.31. The summed E-state index contributed by atoms with van der Waals surface area (Å²) in [5.74, 6) is 0.653. The zero-order valence-electron chi connectivity index (χ0n) is 12.8. The molecule has 0 radical (unpaired) electrons. The highest BCUT2D eigenvalue weighted by molar-refractivity contribution is 7.99. The van der Waals surface area contributed by atoms with Crippen molar-refractivity contribution >= 4 is 22.7 Å². The lowest BCUT2D eigenvalue weighted by Gasteiger charge is -2.17. The number of pyridine rings is 1. The van der Waals surface area contributed by atoms with Crippen LogP contribution in [0.15, 0.2) is 35.4 Å². The van der Waals surface area contributed by atoms with Gasteiger partial charge in [0.2, 0.25) is 0 Å². The molecular weight excluding hydrogens is 264 g/mol. The van der Waals surface area contributed by atoms with E-state index in [1.54, 1.807) is 0 Å². The highest BCUT2D eigenvalue weighted by atomic mass is 32.2. The number of benzene rings is 1. The van der Waals surface area contributed by atoms with Gasteiger partial charge in [-0.25, -0.2) is 4.98 Å². The first-order valence-corrected chi connectivity index (χ1v) is 8.25.